The number of nitrogens with two attached hydrogens (primary N) is 1. The van der Waals surface area contributed by atoms with Gasteiger partial charge in [-0.1, -0.05) is 0 Å². The van der Waals surface area contributed by atoms with Gasteiger partial charge in [0.05, 0.1) is 6.61 Å². The third-order valence-corrected chi connectivity index (χ3v) is 3.97. The summed E-state index contributed by atoms with van der Waals surface area (Å²) in [6.07, 6.45) is 4.94. The van der Waals surface area contributed by atoms with Crippen LogP contribution in [-0.2, 0) is 9.53 Å². The van der Waals surface area contributed by atoms with Crippen molar-refractivity contribution in [2.24, 2.45) is 5.73 Å². The highest BCUT2D eigenvalue weighted by atomic mass is 16.5. The molecule has 1 atom stereocenters. The summed E-state index contributed by atoms with van der Waals surface area (Å²) in [7, 11) is 1.99. The van der Waals surface area contributed by atoms with E-state index >= 15 is 0 Å². The lowest BCUT2D eigenvalue weighted by Crippen LogP contribution is -2.57. The van der Waals surface area contributed by atoms with Gasteiger partial charge < -0.3 is 21.1 Å². The SMILES string of the molecule is CNC1CCC(NC(=O)C2(N)CCOC2)CC1. The Bertz CT molecular complexity index is 269. The molecule has 1 unspecified atom stereocenters. The largest absolute Gasteiger partial charge is 0.379 e. The van der Waals surface area contributed by atoms with Crippen LogP contribution in [0.3, 0.4) is 0 Å². The molecule has 17 heavy (non-hydrogen) atoms. The molecular weight excluding hydrogens is 218 g/mol. The van der Waals surface area contributed by atoms with Crippen molar-refractivity contribution in [2.45, 2.75) is 49.7 Å². The van der Waals surface area contributed by atoms with E-state index in [9.17, 15) is 4.79 Å². The Morgan fingerprint density at radius 3 is 2.47 bits per heavy atom. The molecule has 5 nitrogen and oxygen atoms in total. The number of nitrogens with one attached hydrogen (secondary N) is 2. The quantitative estimate of drug-likeness (QED) is 0.637. The van der Waals surface area contributed by atoms with Crippen LogP contribution >= 0.6 is 0 Å². The fraction of sp³-hybridized carbons (Fsp3) is 0.917. The Labute approximate surface area is 102 Å². The van der Waals surface area contributed by atoms with Crippen molar-refractivity contribution in [3.05, 3.63) is 0 Å². The fourth-order valence-corrected chi connectivity index (χ4v) is 2.62. The topological polar surface area (TPSA) is 76.4 Å². The van der Waals surface area contributed by atoms with Crippen molar-refractivity contribution in [3.8, 4) is 0 Å². The van der Waals surface area contributed by atoms with Crippen LogP contribution in [0.25, 0.3) is 0 Å². The Balaban J connectivity index is 1.79. The van der Waals surface area contributed by atoms with Crippen LogP contribution < -0.4 is 16.4 Å². The molecule has 0 bridgehead atoms. The zero-order chi connectivity index (χ0) is 12.3. The molecule has 0 spiro atoms. The summed E-state index contributed by atoms with van der Waals surface area (Å²) in [5, 5.41) is 6.36. The van der Waals surface area contributed by atoms with Gasteiger partial charge in [0.1, 0.15) is 5.54 Å². The first-order chi connectivity index (χ1) is 8.14. The maximum Gasteiger partial charge on any atom is 0.242 e. The van der Waals surface area contributed by atoms with E-state index in [2.05, 4.69) is 10.6 Å². The fourth-order valence-electron chi connectivity index (χ4n) is 2.62. The summed E-state index contributed by atoms with van der Waals surface area (Å²) in [6, 6.07) is 0.887. The van der Waals surface area contributed by atoms with Gasteiger partial charge in [-0.25, -0.2) is 0 Å². The van der Waals surface area contributed by atoms with Crippen molar-refractivity contribution in [2.75, 3.05) is 20.3 Å². The molecule has 1 amide bonds. The van der Waals surface area contributed by atoms with Crippen LogP contribution in [0, 0.1) is 0 Å². The maximum absolute atomic E-state index is 12.1. The second-order valence-corrected chi connectivity index (χ2v) is 5.27. The van der Waals surface area contributed by atoms with Crippen LogP contribution in [0.1, 0.15) is 32.1 Å². The van der Waals surface area contributed by atoms with E-state index in [0.717, 1.165) is 25.7 Å². The van der Waals surface area contributed by atoms with Crippen molar-refractivity contribution < 1.29 is 9.53 Å². The predicted octanol–water partition coefficient (Wildman–Crippen LogP) is -0.249. The van der Waals surface area contributed by atoms with E-state index in [4.69, 9.17) is 10.5 Å². The van der Waals surface area contributed by atoms with Crippen LogP contribution in [-0.4, -0.2) is 43.8 Å². The van der Waals surface area contributed by atoms with E-state index in [0.29, 0.717) is 25.7 Å². The molecule has 1 saturated carbocycles. The minimum atomic E-state index is -0.792. The highest BCUT2D eigenvalue weighted by molar-refractivity contribution is 5.86. The van der Waals surface area contributed by atoms with E-state index in [-0.39, 0.29) is 11.9 Å². The highest BCUT2D eigenvalue weighted by Gasteiger charge is 2.39. The summed E-state index contributed by atoms with van der Waals surface area (Å²) in [4.78, 5) is 12.1. The summed E-state index contributed by atoms with van der Waals surface area (Å²) >= 11 is 0. The third kappa shape index (κ3) is 2.97. The van der Waals surface area contributed by atoms with Gasteiger partial charge >= 0.3 is 0 Å². The Morgan fingerprint density at radius 2 is 1.94 bits per heavy atom. The summed E-state index contributed by atoms with van der Waals surface area (Å²) in [5.74, 6) is -0.0390. The number of amides is 1. The van der Waals surface area contributed by atoms with Crippen molar-refractivity contribution in [1.82, 2.24) is 10.6 Å². The van der Waals surface area contributed by atoms with Gasteiger partial charge in [-0.2, -0.15) is 0 Å². The standard InChI is InChI=1S/C12H23N3O2/c1-14-9-2-4-10(5-3-9)15-11(16)12(13)6-7-17-8-12/h9-10,14H,2-8,13H2,1H3,(H,15,16). The molecule has 5 heteroatoms. The molecule has 2 aliphatic rings. The zero-order valence-corrected chi connectivity index (χ0v) is 10.5. The minimum Gasteiger partial charge on any atom is -0.379 e. The molecular formula is C12H23N3O2. The number of ether oxygens (including phenoxy) is 1. The molecule has 0 aromatic rings. The average Bonchev–Trinajstić information content (AvgIpc) is 2.78. The van der Waals surface area contributed by atoms with Gasteiger partial charge in [-0.3, -0.25) is 4.79 Å². The van der Waals surface area contributed by atoms with Crippen molar-refractivity contribution in [1.29, 1.82) is 0 Å². The molecule has 1 heterocycles. The molecule has 4 N–H and O–H groups in total. The summed E-state index contributed by atoms with van der Waals surface area (Å²) in [5.41, 5.74) is 5.23. The lowest BCUT2D eigenvalue weighted by molar-refractivity contribution is -0.127. The molecule has 0 aromatic heterocycles. The van der Waals surface area contributed by atoms with Crippen LogP contribution in [0.2, 0.25) is 0 Å². The number of carbonyl (C=O) groups excluding carboxylic acids is 1. The Morgan fingerprint density at radius 1 is 1.29 bits per heavy atom. The monoisotopic (exact) mass is 241 g/mol. The number of hydrogen-bond acceptors (Lipinski definition) is 4. The van der Waals surface area contributed by atoms with Crippen LogP contribution in [0.4, 0.5) is 0 Å². The first-order valence-corrected chi connectivity index (χ1v) is 6.49. The van der Waals surface area contributed by atoms with Crippen molar-refractivity contribution >= 4 is 5.91 Å². The Kier molecular flexibility index (Phi) is 4.01. The van der Waals surface area contributed by atoms with Crippen molar-refractivity contribution in [3.63, 3.8) is 0 Å². The Hall–Kier alpha value is -0.650. The van der Waals surface area contributed by atoms with Crippen LogP contribution in [0.5, 0.6) is 0 Å². The normalized spacial score (nSPS) is 38.0. The van der Waals surface area contributed by atoms with E-state index in [1.165, 1.54) is 0 Å². The molecule has 98 valence electrons. The molecule has 2 rings (SSSR count). The minimum absolute atomic E-state index is 0.0390. The lowest BCUT2D eigenvalue weighted by Gasteiger charge is -2.31. The predicted molar refractivity (Wildman–Crippen MR) is 65.6 cm³/mol. The van der Waals surface area contributed by atoms with Gasteiger partial charge in [-0.05, 0) is 39.2 Å². The van der Waals surface area contributed by atoms with E-state index < -0.39 is 5.54 Å². The third-order valence-electron chi connectivity index (χ3n) is 3.97. The first-order valence-electron chi connectivity index (χ1n) is 6.49. The van der Waals surface area contributed by atoms with E-state index in [1.54, 1.807) is 0 Å². The van der Waals surface area contributed by atoms with Crippen LogP contribution in [0.15, 0.2) is 0 Å². The second kappa shape index (κ2) is 5.33. The average molecular weight is 241 g/mol. The molecule has 1 aliphatic carbocycles. The zero-order valence-electron chi connectivity index (χ0n) is 10.5. The lowest BCUT2D eigenvalue weighted by atomic mass is 9.90. The van der Waals surface area contributed by atoms with Gasteiger partial charge in [0, 0.05) is 18.7 Å². The van der Waals surface area contributed by atoms with E-state index in [1.807, 2.05) is 7.05 Å². The molecule has 2 fully saturated rings. The maximum atomic E-state index is 12.1. The number of rotatable bonds is 3. The molecule has 1 aliphatic heterocycles. The second-order valence-electron chi connectivity index (χ2n) is 5.27. The van der Waals surface area contributed by atoms with Gasteiger partial charge in [-0.15, -0.1) is 0 Å². The highest BCUT2D eigenvalue weighted by Crippen LogP contribution is 2.21. The molecule has 0 radical (unpaired) electrons. The van der Waals surface area contributed by atoms with Gasteiger partial charge in [0.15, 0.2) is 0 Å². The molecule has 1 saturated heterocycles. The summed E-state index contributed by atoms with van der Waals surface area (Å²) < 4.78 is 5.21. The summed E-state index contributed by atoms with van der Waals surface area (Å²) in [6.45, 7) is 0.946. The smallest absolute Gasteiger partial charge is 0.242 e. The van der Waals surface area contributed by atoms with Gasteiger partial charge in [0.25, 0.3) is 0 Å². The first kappa shape index (κ1) is 12.8. The molecule has 0 aromatic carbocycles. The number of carbonyl (C=O) groups is 1. The number of hydrogen-bond donors (Lipinski definition) is 3. The van der Waals surface area contributed by atoms with Gasteiger partial charge in [0.2, 0.25) is 5.91 Å².